The van der Waals surface area contributed by atoms with Crippen LogP contribution in [0, 0.1) is 25.2 Å². The quantitative estimate of drug-likeness (QED) is 0.721. The Morgan fingerprint density at radius 3 is 2.56 bits per heavy atom. The zero-order chi connectivity index (χ0) is 18.0. The van der Waals surface area contributed by atoms with Gasteiger partial charge in [-0.25, -0.2) is 9.97 Å². The van der Waals surface area contributed by atoms with Gasteiger partial charge < -0.3 is 9.73 Å². The molecule has 0 aliphatic carbocycles. The van der Waals surface area contributed by atoms with Crippen molar-refractivity contribution in [2.24, 2.45) is 0 Å². The molecule has 0 unspecified atom stereocenters. The molecule has 1 aromatic carbocycles. The summed E-state index contributed by atoms with van der Waals surface area (Å²) in [6.45, 7) is 4.85. The smallest absolute Gasteiger partial charge is 0.217 e. The van der Waals surface area contributed by atoms with Crippen molar-refractivity contribution >= 4 is 17.5 Å². The van der Waals surface area contributed by atoms with Crippen molar-refractivity contribution in [3.05, 3.63) is 59.1 Å². The number of carbonyl (C=O) groups is 1. The van der Waals surface area contributed by atoms with E-state index in [9.17, 15) is 10.1 Å². The molecule has 0 bridgehead atoms. The number of Topliss-reactive ketones (excluding diaryl/α,β-unsaturated/α-hetero) is 1. The Morgan fingerprint density at radius 2 is 1.92 bits per heavy atom. The summed E-state index contributed by atoms with van der Waals surface area (Å²) in [7, 11) is 0. The molecule has 124 valence electrons. The minimum absolute atomic E-state index is 0.183. The molecule has 0 saturated heterocycles. The number of aryl methyl sites for hydroxylation is 2. The van der Waals surface area contributed by atoms with Crippen molar-refractivity contribution < 1.29 is 9.21 Å². The lowest BCUT2D eigenvalue weighted by molar-refractivity contribution is 0.101. The molecule has 0 amide bonds. The molecule has 6 nitrogen and oxygen atoms in total. The van der Waals surface area contributed by atoms with Gasteiger partial charge in [-0.15, -0.1) is 0 Å². The standard InChI is InChI=1S/C19H16N4O2/c1-11(24)18-12(2)25-19(15(18)10-20)23-17-9-16(21-13(3)22-17)14-7-5-4-6-8-14/h4-9H,1-3H3,(H,21,22,23). The van der Waals surface area contributed by atoms with Gasteiger partial charge in [-0.2, -0.15) is 5.26 Å². The summed E-state index contributed by atoms with van der Waals surface area (Å²) in [5, 5.41) is 12.4. The summed E-state index contributed by atoms with van der Waals surface area (Å²) in [6, 6.07) is 13.5. The number of nitrogens with zero attached hydrogens (tertiary/aromatic N) is 3. The van der Waals surface area contributed by atoms with Crippen LogP contribution in [0.25, 0.3) is 11.3 Å². The number of ketones is 1. The molecule has 0 aliphatic rings. The number of hydrogen-bond acceptors (Lipinski definition) is 6. The van der Waals surface area contributed by atoms with Crippen molar-refractivity contribution in [1.82, 2.24) is 9.97 Å². The second kappa shape index (κ2) is 6.57. The van der Waals surface area contributed by atoms with Crippen LogP contribution in [0.15, 0.2) is 40.8 Å². The monoisotopic (exact) mass is 332 g/mol. The fraction of sp³-hybridized carbons (Fsp3) is 0.158. The van der Waals surface area contributed by atoms with E-state index in [1.807, 2.05) is 36.4 Å². The van der Waals surface area contributed by atoms with E-state index in [1.165, 1.54) is 6.92 Å². The van der Waals surface area contributed by atoms with Crippen molar-refractivity contribution in [2.45, 2.75) is 20.8 Å². The van der Waals surface area contributed by atoms with Crippen LogP contribution in [0.2, 0.25) is 0 Å². The number of benzene rings is 1. The number of carbonyl (C=O) groups excluding carboxylic acids is 1. The molecule has 0 radical (unpaired) electrons. The van der Waals surface area contributed by atoms with Gasteiger partial charge in [0.2, 0.25) is 5.88 Å². The van der Waals surface area contributed by atoms with Crippen LogP contribution < -0.4 is 5.32 Å². The van der Waals surface area contributed by atoms with Crippen LogP contribution in [0.4, 0.5) is 11.7 Å². The number of aromatic nitrogens is 2. The van der Waals surface area contributed by atoms with Gasteiger partial charge >= 0.3 is 0 Å². The second-order valence-corrected chi connectivity index (χ2v) is 5.58. The van der Waals surface area contributed by atoms with Gasteiger partial charge in [0.1, 0.15) is 29.0 Å². The van der Waals surface area contributed by atoms with E-state index in [0.717, 1.165) is 11.3 Å². The summed E-state index contributed by atoms with van der Waals surface area (Å²) in [5.41, 5.74) is 2.18. The number of anilines is 2. The van der Waals surface area contributed by atoms with Gasteiger partial charge in [0.05, 0.1) is 11.3 Å². The number of rotatable bonds is 4. The van der Waals surface area contributed by atoms with Crippen LogP contribution in [-0.4, -0.2) is 15.8 Å². The first kappa shape index (κ1) is 16.4. The summed E-state index contributed by atoms with van der Waals surface area (Å²) in [4.78, 5) is 20.5. The highest BCUT2D eigenvalue weighted by molar-refractivity contribution is 5.99. The highest BCUT2D eigenvalue weighted by atomic mass is 16.4. The van der Waals surface area contributed by atoms with E-state index in [4.69, 9.17) is 4.42 Å². The number of hydrogen-bond donors (Lipinski definition) is 1. The lowest BCUT2D eigenvalue weighted by atomic mass is 10.1. The Labute approximate surface area is 145 Å². The molecular formula is C19H16N4O2. The van der Waals surface area contributed by atoms with Crippen molar-refractivity contribution in [2.75, 3.05) is 5.32 Å². The lowest BCUT2D eigenvalue weighted by Gasteiger charge is -2.07. The number of nitriles is 1. The highest BCUT2D eigenvalue weighted by Crippen LogP contribution is 2.30. The van der Waals surface area contributed by atoms with Crippen LogP contribution in [0.1, 0.15) is 34.4 Å². The topological polar surface area (TPSA) is 91.8 Å². The van der Waals surface area contributed by atoms with Gasteiger partial charge in [0.15, 0.2) is 5.78 Å². The SMILES string of the molecule is CC(=O)c1c(C)oc(Nc2cc(-c3ccccc3)nc(C)n2)c1C#N. The third-order valence-electron chi connectivity index (χ3n) is 3.70. The van der Waals surface area contributed by atoms with Crippen LogP contribution in [-0.2, 0) is 0 Å². The van der Waals surface area contributed by atoms with E-state index in [-0.39, 0.29) is 17.2 Å². The summed E-state index contributed by atoms with van der Waals surface area (Å²) in [6.07, 6.45) is 0. The first-order valence-electron chi connectivity index (χ1n) is 7.72. The Balaban J connectivity index is 2.03. The van der Waals surface area contributed by atoms with Crippen molar-refractivity contribution in [3.63, 3.8) is 0 Å². The van der Waals surface area contributed by atoms with E-state index in [2.05, 4.69) is 15.3 Å². The molecule has 3 aromatic rings. The van der Waals surface area contributed by atoms with Gasteiger partial charge in [0.25, 0.3) is 0 Å². The molecule has 0 spiro atoms. The zero-order valence-corrected chi connectivity index (χ0v) is 14.1. The predicted molar refractivity (Wildman–Crippen MR) is 93.7 cm³/mol. The first-order chi connectivity index (χ1) is 12.0. The Morgan fingerprint density at radius 1 is 1.20 bits per heavy atom. The van der Waals surface area contributed by atoms with Crippen molar-refractivity contribution in [1.29, 1.82) is 5.26 Å². The molecule has 0 saturated carbocycles. The van der Waals surface area contributed by atoms with Gasteiger partial charge in [-0.3, -0.25) is 4.79 Å². The average molecular weight is 332 g/mol. The molecule has 0 atom stereocenters. The summed E-state index contributed by atoms with van der Waals surface area (Å²) >= 11 is 0. The molecule has 0 fully saturated rings. The first-order valence-corrected chi connectivity index (χ1v) is 7.72. The fourth-order valence-corrected chi connectivity index (χ4v) is 2.67. The van der Waals surface area contributed by atoms with Crippen molar-refractivity contribution in [3.8, 4) is 17.3 Å². The summed E-state index contributed by atoms with van der Waals surface area (Å²) in [5.74, 6) is 1.47. The minimum atomic E-state index is -0.213. The normalized spacial score (nSPS) is 10.3. The van der Waals surface area contributed by atoms with Gasteiger partial charge in [0, 0.05) is 11.6 Å². The zero-order valence-electron chi connectivity index (χ0n) is 14.1. The Kier molecular flexibility index (Phi) is 4.31. The Hall–Kier alpha value is -3.46. The molecule has 1 N–H and O–H groups in total. The van der Waals surface area contributed by atoms with Crippen LogP contribution >= 0.6 is 0 Å². The summed E-state index contributed by atoms with van der Waals surface area (Å²) < 4.78 is 5.57. The van der Waals surface area contributed by atoms with E-state index in [0.29, 0.717) is 23.0 Å². The number of nitrogens with one attached hydrogen (secondary N) is 1. The minimum Gasteiger partial charge on any atom is -0.443 e. The molecule has 0 aliphatic heterocycles. The maximum Gasteiger partial charge on any atom is 0.217 e. The maximum atomic E-state index is 11.7. The second-order valence-electron chi connectivity index (χ2n) is 5.58. The fourth-order valence-electron chi connectivity index (χ4n) is 2.67. The van der Waals surface area contributed by atoms with Crippen LogP contribution in [0.5, 0.6) is 0 Å². The van der Waals surface area contributed by atoms with E-state index >= 15 is 0 Å². The molecule has 25 heavy (non-hydrogen) atoms. The third kappa shape index (κ3) is 3.26. The van der Waals surface area contributed by atoms with Crippen LogP contribution in [0.3, 0.4) is 0 Å². The molecule has 3 rings (SSSR count). The van der Waals surface area contributed by atoms with Gasteiger partial charge in [-0.1, -0.05) is 30.3 Å². The third-order valence-corrected chi connectivity index (χ3v) is 3.70. The predicted octanol–water partition coefficient (Wildman–Crippen LogP) is 4.17. The molecule has 2 heterocycles. The maximum absolute atomic E-state index is 11.7. The molecule has 2 aromatic heterocycles. The molecule has 6 heteroatoms. The highest BCUT2D eigenvalue weighted by Gasteiger charge is 2.21. The van der Waals surface area contributed by atoms with E-state index < -0.39 is 0 Å². The lowest BCUT2D eigenvalue weighted by Crippen LogP contribution is -2.00. The van der Waals surface area contributed by atoms with Gasteiger partial charge in [-0.05, 0) is 20.8 Å². The average Bonchev–Trinajstić information content (AvgIpc) is 2.90. The Bertz CT molecular complexity index is 985. The molecular weight excluding hydrogens is 316 g/mol. The van der Waals surface area contributed by atoms with E-state index in [1.54, 1.807) is 19.9 Å². The number of furan rings is 1. The largest absolute Gasteiger partial charge is 0.443 e.